The van der Waals surface area contributed by atoms with Crippen LogP contribution >= 0.6 is 27.3 Å². The number of nitrogens with zero attached hydrogens (tertiary/aromatic N) is 1. The van der Waals surface area contributed by atoms with E-state index in [0.717, 1.165) is 10.6 Å². The summed E-state index contributed by atoms with van der Waals surface area (Å²) in [6.07, 6.45) is 1.77. The average molecular weight is 301 g/mol. The summed E-state index contributed by atoms with van der Waals surface area (Å²) in [4.78, 5) is 4.26. The molecule has 2 rings (SSSR count). The van der Waals surface area contributed by atoms with Gasteiger partial charge in [0.05, 0.1) is 10.5 Å². The molecule has 0 bridgehead atoms. The molecule has 0 saturated carbocycles. The zero-order valence-electron chi connectivity index (χ0n) is 8.58. The summed E-state index contributed by atoms with van der Waals surface area (Å²) in [6, 6.07) is 5.01. The first kappa shape index (κ1) is 11.7. The van der Waals surface area contributed by atoms with Crippen LogP contribution in [-0.2, 0) is 0 Å². The summed E-state index contributed by atoms with van der Waals surface area (Å²) in [6.45, 7) is 0. The molecule has 2 aromatic rings. The van der Waals surface area contributed by atoms with Gasteiger partial charge in [-0.3, -0.25) is 0 Å². The minimum absolute atomic E-state index is 0.0110. The lowest BCUT2D eigenvalue weighted by atomic mass is 10.1. The Morgan fingerprint density at radius 3 is 2.88 bits per heavy atom. The highest BCUT2D eigenvalue weighted by atomic mass is 79.9. The van der Waals surface area contributed by atoms with Gasteiger partial charge in [0, 0.05) is 11.6 Å². The predicted octanol–water partition coefficient (Wildman–Crippen LogP) is 3.35. The van der Waals surface area contributed by atoms with Gasteiger partial charge in [-0.1, -0.05) is 6.07 Å². The van der Waals surface area contributed by atoms with Crippen LogP contribution in [-0.4, -0.2) is 12.0 Å². The topological polar surface area (TPSA) is 24.9 Å². The molecule has 0 aliphatic heterocycles. The fourth-order valence-electron chi connectivity index (χ4n) is 1.50. The summed E-state index contributed by atoms with van der Waals surface area (Å²) in [5.74, 6) is -0.252. The van der Waals surface area contributed by atoms with Crippen LogP contribution in [0.1, 0.15) is 16.6 Å². The highest BCUT2D eigenvalue weighted by Gasteiger charge is 2.15. The summed E-state index contributed by atoms with van der Waals surface area (Å²) >= 11 is 4.76. The van der Waals surface area contributed by atoms with Crippen molar-refractivity contribution in [3.05, 3.63) is 50.6 Å². The zero-order valence-corrected chi connectivity index (χ0v) is 11.0. The predicted molar refractivity (Wildman–Crippen MR) is 67.1 cm³/mol. The summed E-state index contributed by atoms with van der Waals surface area (Å²) in [5, 5.41) is 6.07. The van der Waals surface area contributed by atoms with Gasteiger partial charge in [-0.15, -0.1) is 11.3 Å². The maximum absolute atomic E-state index is 13.1. The monoisotopic (exact) mass is 300 g/mol. The van der Waals surface area contributed by atoms with Crippen LogP contribution in [0.2, 0.25) is 0 Å². The van der Waals surface area contributed by atoms with Crippen LogP contribution < -0.4 is 5.32 Å². The van der Waals surface area contributed by atoms with Gasteiger partial charge in [-0.2, -0.15) is 0 Å². The first-order chi connectivity index (χ1) is 7.72. The Hall–Kier alpha value is -0.780. The van der Waals surface area contributed by atoms with Gasteiger partial charge in [0.1, 0.15) is 10.8 Å². The molecule has 1 aromatic heterocycles. The van der Waals surface area contributed by atoms with Crippen LogP contribution in [0, 0.1) is 5.82 Å². The first-order valence-electron chi connectivity index (χ1n) is 4.74. The van der Waals surface area contributed by atoms with Gasteiger partial charge in [-0.25, -0.2) is 9.37 Å². The first-order valence-corrected chi connectivity index (χ1v) is 6.41. The van der Waals surface area contributed by atoms with Crippen LogP contribution in [0.25, 0.3) is 0 Å². The maximum atomic E-state index is 13.1. The molecule has 0 aliphatic rings. The van der Waals surface area contributed by atoms with Gasteiger partial charge in [-0.05, 0) is 40.7 Å². The van der Waals surface area contributed by atoms with Crippen molar-refractivity contribution in [2.45, 2.75) is 6.04 Å². The lowest BCUT2D eigenvalue weighted by molar-refractivity contribution is 0.616. The van der Waals surface area contributed by atoms with Gasteiger partial charge >= 0.3 is 0 Å². The molecule has 0 spiro atoms. The largest absolute Gasteiger partial charge is 0.307 e. The molecule has 5 heteroatoms. The molecule has 0 aliphatic carbocycles. The second-order valence-electron chi connectivity index (χ2n) is 3.27. The minimum atomic E-state index is -0.252. The standard InChI is InChI=1S/C11H10BrFN2S/c1-14-10(11-15-4-5-16-11)7-2-3-9(13)8(12)6-7/h2-6,10,14H,1H3. The van der Waals surface area contributed by atoms with Gasteiger partial charge in [0.15, 0.2) is 0 Å². The molecule has 1 N–H and O–H groups in total. The highest BCUT2D eigenvalue weighted by molar-refractivity contribution is 9.10. The van der Waals surface area contributed by atoms with E-state index < -0.39 is 0 Å². The highest BCUT2D eigenvalue weighted by Crippen LogP contribution is 2.26. The molecule has 16 heavy (non-hydrogen) atoms. The summed E-state index contributed by atoms with van der Waals surface area (Å²) in [5.41, 5.74) is 0.991. The van der Waals surface area contributed by atoms with E-state index >= 15 is 0 Å². The molecule has 2 nitrogen and oxygen atoms in total. The van der Waals surface area contributed by atoms with E-state index in [9.17, 15) is 4.39 Å². The second kappa shape index (κ2) is 5.03. The number of halogens is 2. The number of hydrogen-bond donors (Lipinski definition) is 1. The third kappa shape index (κ3) is 2.31. The molecular weight excluding hydrogens is 291 g/mol. The number of aromatic nitrogens is 1. The van der Waals surface area contributed by atoms with Crippen molar-refractivity contribution in [2.75, 3.05) is 7.05 Å². The van der Waals surface area contributed by atoms with Crippen molar-refractivity contribution >= 4 is 27.3 Å². The third-order valence-corrected chi connectivity index (χ3v) is 3.71. The molecule has 0 radical (unpaired) electrons. The molecule has 0 amide bonds. The van der Waals surface area contributed by atoms with Gasteiger partial charge in [0.2, 0.25) is 0 Å². The van der Waals surface area contributed by atoms with E-state index in [2.05, 4.69) is 26.2 Å². The molecule has 1 heterocycles. The van der Waals surface area contributed by atoms with E-state index in [1.165, 1.54) is 6.07 Å². The lowest BCUT2D eigenvalue weighted by Gasteiger charge is -2.14. The third-order valence-electron chi connectivity index (χ3n) is 2.26. The summed E-state index contributed by atoms with van der Waals surface area (Å²) < 4.78 is 13.6. The Labute approximate surface area is 106 Å². The SMILES string of the molecule is CNC(c1ccc(F)c(Br)c1)c1nccs1. The molecular formula is C11H10BrFN2S. The van der Waals surface area contributed by atoms with Crippen LogP contribution in [0.4, 0.5) is 4.39 Å². The fraction of sp³-hybridized carbons (Fsp3) is 0.182. The van der Waals surface area contributed by atoms with Crippen molar-refractivity contribution in [1.29, 1.82) is 0 Å². The van der Waals surface area contributed by atoms with E-state index in [4.69, 9.17) is 0 Å². The number of nitrogens with one attached hydrogen (secondary N) is 1. The lowest BCUT2D eigenvalue weighted by Crippen LogP contribution is -2.17. The van der Waals surface area contributed by atoms with Crippen LogP contribution in [0.5, 0.6) is 0 Å². The minimum Gasteiger partial charge on any atom is -0.307 e. The smallest absolute Gasteiger partial charge is 0.137 e. The molecule has 84 valence electrons. The van der Waals surface area contributed by atoms with Gasteiger partial charge < -0.3 is 5.32 Å². The molecule has 1 aromatic carbocycles. The fourth-order valence-corrected chi connectivity index (χ4v) is 2.67. The van der Waals surface area contributed by atoms with Crippen molar-refractivity contribution in [1.82, 2.24) is 10.3 Å². The quantitative estimate of drug-likeness (QED) is 0.940. The Kier molecular flexibility index (Phi) is 3.68. The number of hydrogen-bond acceptors (Lipinski definition) is 3. The average Bonchev–Trinajstić information content (AvgIpc) is 2.78. The normalized spacial score (nSPS) is 12.7. The molecule has 0 saturated heterocycles. The Bertz CT molecular complexity index is 473. The molecule has 1 atom stereocenters. The van der Waals surface area contributed by atoms with E-state index in [1.54, 1.807) is 29.7 Å². The molecule has 1 unspecified atom stereocenters. The number of rotatable bonds is 3. The Balaban J connectivity index is 2.37. The second-order valence-corrected chi connectivity index (χ2v) is 5.05. The van der Waals surface area contributed by atoms with Crippen LogP contribution in [0.3, 0.4) is 0 Å². The van der Waals surface area contributed by atoms with Crippen LogP contribution in [0.15, 0.2) is 34.2 Å². The van der Waals surface area contributed by atoms with Crippen molar-refractivity contribution in [2.24, 2.45) is 0 Å². The number of thiazole rings is 1. The Morgan fingerprint density at radius 1 is 1.50 bits per heavy atom. The summed E-state index contributed by atoms with van der Waals surface area (Å²) in [7, 11) is 1.86. The van der Waals surface area contributed by atoms with Crippen molar-refractivity contribution in [3.63, 3.8) is 0 Å². The van der Waals surface area contributed by atoms with E-state index in [0.29, 0.717) is 4.47 Å². The van der Waals surface area contributed by atoms with E-state index in [-0.39, 0.29) is 11.9 Å². The maximum Gasteiger partial charge on any atom is 0.137 e. The number of benzene rings is 1. The van der Waals surface area contributed by atoms with Gasteiger partial charge in [0.25, 0.3) is 0 Å². The molecule has 0 fully saturated rings. The van der Waals surface area contributed by atoms with E-state index in [1.807, 2.05) is 12.4 Å². The van der Waals surface area contributed by atoms with Crippen molar-refractivity contribution < 1.29 is 4.39 Å². The van der Waals surface area contributed by atoms with Crippen molar-refractivity contribution in [3.8, 4) is 0 Å². The Morgan fingerprint density at radius 2 is 2.31 bits per heavy atom. The zero-order chi connectivity index (χ0) is 11.5.